The fourth-order valence-corrected chi connectivity index (χ4v) is 3.23. The van der Waals surface area contributed by atoms with Crippen molar-refractivity contribution in [1.29, 1.82) is 0 Å². The Morgan fingerprint density at radius 3 is 2.68 bits per heavy atom. The maximum Gasteiger partial charge on any atom is 0.0855 e. The summed E-state index contributed by atoms with van der Waals surface area (Å²) in [6.45, 7) is 11.5. The lowest BCUT2D eigenvalue weighted by molar-refractivity contribution is -0.0514. The van der Waals surface area contributed by atoms with Gasteiger partial charge in [0.15, 0.2) is 0 Å². The normalized spacial score (nSPS) is 28.4. The second kappa shape index (κ2) is 8.20. The van der Waals surface area contributed by atoms with Crippen LogP contribution in [0.4, 0.5) is 0 Å². The molecule has 2 atom stereocenters. The van der Waals surface area contributed by atoms with E-state index in [0.717, 1.165) is 51.9 Å². The van der Waals surface area contributed by atoms with Crippen molar-refractivity contribution in [2.75, 3.05) is 46.0 Å². The molecule has 0 aromatic carbocycles. The van der Waals surface area contributed by atoms with Crippen LogP contribution >= 0.6 is 0 Å². The van der Waals surface area contributed by atoms with Crippen LogP contribution in [-0.2, 0) is 9.47 Å². The van der Waals surface area contributed by atoms with E-state index in [1.807, 2.05) is 0 Å². The van der Waals surface area contributed by atoms with Crippen molar-refractivity contribution in [2.45, 2.75) is 45.3 Å². The molecular formula is C15H30N2O2. The summed E-state index contributed by atoms with van der Waals surface area (Å²) in [4.78, 5) is 2.50. The van der Waals surface area contributed by atoms with E-state index in [2.05, 4.69) is 24.1 Å². The van der Waals surface area contributed by atoms with Gasteiger partial charge in [-0.2, -0.15) is 0 Å². The Hall–Kier alpha value is -0.160. The lowest BCUT2D eigenvalue weighted by Gasteiger charge is -2.38. The summed E-state index contributed by atoms with van der Waals surface area (Å²) < 4.78 is 11.5. The summed E-state index contributed by atoms with van der Waals surface area (Å²) in [5, 5.41) is 3.65. The predicted molar refractivity (Wildman–Crippen MR) is 77.5 cm³/mol. The first-order valence-corrected chi connectivity index (χ1v) is 7.98. The molecule has 2 aliphatic rings. The largest absolute Gasteiger partial charge is 0.381 e. The molecule has 0 bridgehead atoms. The Bertz CT molecular complexity index is 244. The van der Waals surface area contributed by atoms with E-state index in [0.29, 0.717) is 12.1 Å². The van der Waals surface area contributed by atoms with E-state index in [1.54, 1.807) is 0 Å². The number of likely N-dealkylation sites (N-methyl/N-ethyl adjacent to an activating group) is 2. The van der Waals surface area contributed by atoms with Crippen LogP contribution in [0.2, 0.25) is 0 Å². The molecule has 0 aromatic heterocycles. The second-order valence-electron chi connectivity index (χ2n) is 5.76. The minimum Gasteiger partial charge on any atom is -0.381 e. The van der Waals surface area contributed by atoms with Crippen LogP contribution in [0.15, 0.2) is 0 Å². The van der Waals surface area contributed by atoms with Gasteiger partial charge in [0.1, 0.15) is 0 Å². The Morgan fingerprint density at radius 1 is 1.21 bits per heavy atom. The maximum absolute atomic E-state index is 6.03. The molecule has 0 amide bonds. The molecule has 0 spiro atoms. The van der Waals surface area contributed by atoms with Gasteiger partial charge in [-0.3, -0.25) is 4.90 Å². The highest BCUT2D eigenvalue weighted by molar-refractivity contribution is 4.85. The summed E-state index contributed by atoms with van der Waals surface area (Å²) in [6, 6.07) is 0.502. The van der Waals surface area contributed by atoms with Crippen molar-refractivity contribution in [3.8, 4) is 0 Å². The smallest absolute Gasteiger partial charge is 0.0855 e. The van der Waals surface area contributed by atoms with Crippen molar-refractivity contribution < 1.29 is 9.47 Å². The van der Waals surface area contributed by atoms with Crippen LogP contribution in [0.5, 0.6) is 0 Å². The number of morpholine rings is 1. The molecule has 0 aliphatic carbocycles. The van der Waals surface area contributed by atoms with E-state index in [4.69, 9.17) is 9.47 Å². The molecule has 2 aliphatic heterocycles. The third kappa shape index (κ3) is 4.71. The number of nitrogens with one attached hydrogen (secondary N) is 1. The van der Waals surface area contributed by atoms with E-state index < -0.39 is 0 Å². The zero-order valence-electron chi connectivity index (χ0n) is 12.6. The fraction of sp³-hybridized carbons (Fsp3) is 1.00. The zero-order valence-corrected chi connectivity index (χ0v) is 12.6. The molecule has 4 heteroatoms. The van der Waals surface area contributed by atoms with Crippen LogP contribution in [-0.4, -0.2) is 63.0 Å². The second-order valence-corrected chi connectivity index (χ2v) is 5.76. The molecule has 0 aromatic rings. The number of hydrogen-bond donors (Lipinski definition) is 1. The average molecular weight is 270 g/mol. The van der Waals surface area contributed by atoms with Crippen molar-refractivity contribution in [3.63, 3.8) is 0 Å². The molecule has 2 fully saturated rings. The van der Waals surface area contributed by atoms with Crippen LogP contribution < -0.4 is 5.32 Å². The van der Waals surface area contributed by atoms with Gasteiger partial charge in [0.05, 0.1) is 12.7 Å². The third-order valence-corrected chi connectivity index (χ3v) is 4.47. The Balaban J connectivity index is 1.86. The van der Waals surface area contributed by atoms with Crippen molar-refractivity contribution in [1.82, 2.24) is 10.2 Å². The lowest BCUT2D eigenvalue weighted by atomic mass is 9.90. The maximum atomic E-state index is 6.03. The third-order valence-electron chi connectivity index (χ3n) is 4.47. The molecule has 2 saturated heterocycles. The molecule has 19 heavy (non-hydrogen) atoms. The SMILES string of the molecule is CCNC(CC1CCOCC1)C1CN(CC)CCO1. The fourth-order valence-electron chi connectivity index (χ4n) is 3.23. The van der Waals surface area contributed by atoms with Crippen LogP contribution in [0.3, 0.4) is 0 Å². The summed E-state index contributed by atoms with van der Waals surface area (Å²) >= 11 is 0. The highest BCUT2D eigenvalue weighted by Gasteiger charge is 2.29. The highest BCUT2D eigenvalue weighted by atomic mass is 16.5. The van der Waals surface area contributed by atoms with E-state index in [-0.39, 0.29) is 0 Å². The first kappa shape index (κ1) is 15.2. The Kier molecular flexibility index (Phi) is 6.57. The first-order valence-electron chi connectivity index (χ1n) is 7.98. The average Bonchev–Trinajstić information content (AvgIpc) is 2.48. The molecule has 1 N–H and O–H groups in total. The lowest BCUT2D eigenvalue weighted by Crippen LogP contribution is -2.52. The Morgan fingerprint density at radius 2 is 2.00 bits per heavy atom. The molecule has 0 radical (unpaired) electrons. The summed E-state index contributed by atoms with van der Waals surface area (Å²) in [5.41, 5.74) is 0. The van der Waals surface area contributed by atoms with Gasteiger partial charge in [-0.25, -0.2) is 0 Å². The summed E-state index contributed by atoms with van der Waals surface area (Å²) in [7, 11) is 0. The van der Waals surface area contributed by atoms with E-state index in [9.17, 15) is 0 Å². The van der Waals surface area contributed by atoms with Crippen molar-refractivity contribution in [3.05, 3.63) is 0 Å². The van der Waals surface area contributed by atoms with Gasteiger partial charge < -0.3 is 14.8 Å². The van der Waals surface area contributed by atoms with Gasteiger partial charge in [0, 0.05) is 32.3 Å². The highest BCUT2D eigenvalue weighted by Crippen LogP contribution is 2.23. The first-order chi connectivity index (χ1) is 9.33. The number of rotatable bonds is 6. The molecule has 112 valence electrons. The minimum atomic E-state index is 0.358. The number of hydrogen-bond acceptors (Lipinski definition) is 4. The topological polar surface area (TPSA) is 33.7 Å². The van der Waals surface area contributed by atoms with Crippen LogP contribution in [0.25, 0.3) is 0 Å². The van der Waals surface area contributed by atoms with E-state index >= 15 is 0 Å². The molecule has 2 heterocycles. The molecule has 2 rings (SSSR count). The standard InChI is InChI=1S/C15H30N2O2/c1-3-16-14(11-13-5-8-18-9-6-13)15-12-17(4-2)7-10-19-15/h13-16H,3-12H2,1-2H3. The van der Waals surface area contributed by atoms with Crippen molar-refractivity contribution in [2.24, 2.45) is 5.92 Å². The van der Waals surface area contributed by atoms with Gasteiger partial charge in [-0.05, 0) is 38.3 Å². The zero-order chi connectivity index (χ0) is 13.5. The minimum absolute atomic E-state index is 0.358. The quantitative estimate of drug-likeness (QED) is 0.793. The van der Waals surface area contributed by atoms with Gasteiger partial charge >= 0.3 is 0 Å². The van der Waals surface area contributed by atoms with Gasteiger partial charge in [-0.15, -0.1) is 0 Å². The number of nitrogens with zero attached hydrogens (tertiary/aromatic N) is 1. The molecule has 2 unspecified atom stereocenters. The monoisotopic (exact) mass is 270 g/mol. The molecule has 4 nitrogen and oxygen atoms in total. The van der Waals surface area contributed by atoms with Gasteiger partial charge in [0.2, 0.25) is 0 Å². The van der Waals surface area contributed by atoms with Crippen LogP contribution in [0.1, 0.15) is 33.1 Å². The predicted octanol–water partition coefficient (Wildman–Crippen LogP) is 1.50. The van der Waals surface area contributed by atoms with Crippen LogP contribution in [0, 0.1) is 5.92 Å². The summed E-state index contributed by atoms with van der Waals surface area (Å²) in [6.07, 6.45) is 4.02. The van der Waals surface area contributed by atoms with E-state index in [1.165, 1.54) is 19.3 Å². The number of ether oxygens (including phenoxy) is 2. The molecule has 0 saturated carbocycles. The van der Waals surface area contributed by atoms with Gasteiger partial charge in [-0.1, -0.05) is 13.8 Å². The van der Waals surface area contributed by atoms with Gasteiger partial charge in [0.25, 0.3) is 0 Å². The van der Waals surface area contributed by atoms with Crippen molar-refractivity contribution >= 4 is 0 Å². The summed E-state index contributed by atoms with van der Waals surface area (Å²) in [5.74, 6) is 0.804. The Labute approximate surface area is 117 Å². The molecular weight excluding hydrogens is 240 g/mol.